The molecule has 8 heteroatoms. The van der Waals surface area contributed by atoms with Crippen molar-refractivity contribution in [2.45, 2.75) is 13.0 Å². The molecule has 0 aromatic heterocycles. The molecule has 1 amide bonds. The fourth-order valence-corrected chi connectivity index (χ4v) is 2.79. The second-order valence-corrected chi connectivity index (χ2v) is 6.52. The Morgan fingerprint density at radius 2 is 1.84 bits per heavy atom. The summed E-state index contributed by atoms with van der Waals surface area (Å²) in [5.41, 5.74) is 6.80. The second kappa shape index (κ2) is 8.43. The molecule has 0 radical (unpaired) electrons. The topological polar surface area (TPSA) is 81.4 Å². The van der Waals surface area contributed by atoms with Crippen LogP contribution in [0.2, 0.25) is 15.1 Å². The molecule has 0 aliphatic carbocycles. The lowest BCUT2D eigenvalue weighted by molar-refractivity contribution is -0.124. The van der Waals surface area contributed by atoms with Gasteiger partial charge in [-0.15, -0.1) is 0 Å². The van der Waals surface area contributed by atoms with Crippen LogP contribution >= 0.6 is 34.8 Å². The molecule has 5 nitrogen and oxygen atoms in total. The number of esters is 1. The maximum atomic E-state index is 12.0. The van der Waals surface area contributed by atoms with Crippen molar-refractivity contribution in [2.24, 2.45) is 0 Å². The Morgan fingerprint density at radius 3 is 2.48 bits per heavy atom. The third kappa shape index (κ3) is 5.26. The Labute approximate surface area is 160 Å². The minimum Gasteiger partial charge on any atom is -0.452 e. The molecule has 0 saturated heterocycles. The summed E-state index contributed by atoms with van der Waals surface area (Å²) in [6.07, 6.45) is 0. The molecule has 2 aromatic rings. The summed E-state index contributed by atoms with van der Waals surface area (Å²) in [6, 6.07) is 8.95. The Kier molecular flexibility index (Phi) is 6.53. The van der Waals surface area contributed by atoms with Crippen molar-refractivity contribution in [3.05, 3.63) is 62.6 Å². The van der Waals surface area contributed by atoms with Crippen molar-refractivity contribution in [2.75, 3.05) is 12.3 Å². The first kappa shape index (κ1) is 19.4. The normalized spacial score (nSPS) is 11.7. The number of ether oxygens (including phenoxy) is 1. The molecule has 0 spiro atoms. The minimum absolute atomic E-state index is 0.212. The number of nitrogens with two attached hydrogens (primary N) is 1. The number of carbonyl (C=O) groups is 2. The molecule has 0 saturated carbocycles. The molecule has 1 atom stereocenters. The lowest BCUT2D eigenvalue weighted by Gasteiger charge is -2.16. The van der Waals surface area contributed by atoms with Gasteiger partial charge in [-0.1, -0.05) is 40.9 Å². The smallest absolute Gasteiger partial charge is 0.338 e. The van der Waals surface area contributed by atoms with Crippen molar-refractivity contribution in [3.63, 3.8) is 0 Å². The van der Waals surface area contributed by atoms with Crippen molar-refractivity contribution in [1.82, 2.24) is 5.32 Å². The average Bonchev–Trinajstić information content (AvgIpc) is 2.55. The lowest BCUT2D eigenvalue weighted by atomic mass is 10.1. The number of hydrogen-bond acceptors (Lipinski definition) is 4. The van der Waals surface area contributed by atoms with E-state index in [-0.39, 0.29) is 17.3 Å². The summed E-state index contributed by atoms with van der Waals surface area (Å²) in [5.74, 6) is -1.13. The van der Waals surface area contributed by atoms with Gasteiger partial charge in [0.25, 0.3) is 5.91 Å². The van der Waals surface area contributed by atoms with Crippen LogP contribution in [0.1, 0.15) is 28.9 Å². The van der Waals surface area contributed by atoms with Crippen LogP contribution in [-0.2, 0) is 9.53 Å². The van der Waals surface area contributed by atoms with Gasteiger partial charge in [0.2, 0.25) is 0 Å². The van der Waals surface area contributed by atoms with Gasteiger partial charge in [0.05, 0.1) is 22.3 Å². The Bertz CT molecular complexity index is 812. The van der Waals surface area contributed by atoms with Crippen LogP contribution in [-0.4, -0.2) is 18.5 Å². The van der Waals surface area contributed by atoms with E-state index in [4.69, 9.17) is 45.3 Å². The van der Waals surface area contributed by atoms with Crippen LogP contribution in [0, 0.1) is 0 Å². The van der Waals surface area contributed by atoms with Gasteiger partial charge in [0.15, 0.2) is 6.61 Å². The monoisotopic (exact) mass is 400 g/mol. The third-order valence-corrected chi connectivity index (χ3v) is 4.28. The Balaban J connectivity index is 1.91. The number of halogens is 3. The Morgan fingerprint density at radius 1 is 1.12 bits per heavy atom. The van der Waals surface area contributed by atoms with Crippen LogP contribution in [0.25, 0.3) is 0 Å². The first-order valence-electron chi connectivity index (χ1n) is 7.24. The number of rotatable bonds is 5. The molecule has 0 aliphatic heterocycles. The Hall–Kier alpha value is -1.95. The molecule has 2 aromatic carbocycles. The molecule has 132 valence electrons. The van der Waals surface area contributed by atoms with Crippen LogP contribution in [0.15, 0.2) is 36.4 Å². The number of nitrogens with one attached hydrogen (secondary N) is 1. The maximum Gasteiger partial charge on any atom is 0.338 e. The largest absolute Gasteiger partial charge is 0.452 e. The predicted octanol–water partition coefficient (Wildman–Crippen LogP) is 4.26. The molecular weight excluding hydrogens is 387 g/mol. The van der Waals surface area contributed by atoms with Gasteiger partial charge in [0, 0.05) is 10.0 Å². The van der Waals surface area contributed by atoms with E-state index in [2.05, 4.69) is 5.32 Å². The highest BCUT2D eigenvalue weighted by atomic mass is 35.5. The molecule has 0 bridgehead atoms. The summed E-state index contributed by atoms with van der Waals surface area (Å²) in [4.78, 5) is 23.9. The summed E-state index contributed by atoms with van der Waals surface area (Å²) < 4.78 is 4.97. The van der Waals surface area contributed by atoms with E-state index < -0.39 is 18.5 Å². The molecule has 2 rings (SSSR count). The van der Waals surface area contributed by atoms with Gasteiger partial charge >= 0.3 is 5.97 Å². The van der Waals surface area contributed by atoms with Crippen molar-refractivity contribution in [1.29, 1.82) is 0 Å². The highest BCUT2D eigenvalue weighted by Gasteiger charge is 2.15. The van der Waals surface area contributed by atoms with E-state index in [9.17, 15) is 9.59 Å². The van der Waals surface area contributed by atoms with Gasteiger partial charge < -0.3 is 15.8 Å². The number of benzene rings is 2. The molecule has 25 heavy (non-hydrogen) atoms. The number of nitrogen functional groups attached to an aromatic ring is 1. The van der Waals surface area contributed by atoms with E-state index in [1.54, 1.807) is 25.1 Å². The quantitative estimate of drug-likeness (QED) is 0.579. The van der Waals surface area contributed by atoms with Crippen LogP contribution in [0.3, 0.4) is 0 Å². The summed E-state index contributed by atoms with van der Waals surface area (Å²) in [7, 11) is 0. The average molecular weight is 402 g/mol. The van der Waals surface area contributed by atoms with Crippen LogP contribution in [0.4, 0.5) is 5.69 Å². The van der Waals surface area contributed by atoms with E-state index in [0.29, 0.717) is 20.6 Å². The van der Waals surface area contributed by atoms with Gasteiger partial charge in [-0.2, -0.15) is 0 Å². The van der Waals surface area contributed by atoms with Crippen molar-refractivity contribution >= 4 is 52.4 Å². The highest BCUT2D eigenvalue weighted by Crippen LogP contribution is 2.26. The predicted molar refractivity (Wildman–Crippen MR) is 99.2 cm³/mol. The fraction of sp³-hybridized carbons (Fsp3) is 0.176. The molecule has 3 N–H and O–H groups in total. The second-order valence-electron chi connectivity index (χ2n) is 5.27. The zero-order valence-corrected chi connectivity index (χ0v) is 15.5. The number of carbonyl (C=O) groups excluding carboxylic acids is 2. The molecule has 0 unspecified atom stereocenters. The fourth-order valence-electron chi connectivity index (χ4n) is 2.10. The van der Waals surface area contributed by atoms with E-state index in [1.807, 2.05) is 0 Å². The van der Waals surface area contributed by atoms with Crippen LogP contribution in [0.5, 0.6) is 0 Å². The summed E-state index contributed by atoms with van der Waals surface area (Å²) in [5, 5.41) is 3.97. The van der Waals surface area contributed by atoms with Crippen molar-refractivity contribution in [3.8, 4) is 0 Å². The molecule has 0 fully saturated rings. The highest BCUT2D eigenvalue weighted by molar-refractivity contribution is 6.35. The van der Waals surface area contributed by atoms with Crippen molar-refractivity contribution < 1.29 is 14.3 Å². The number of hydrogen-bond donors (Lipinski definition) is 2. The lowest BCUT2D eigenvalue weighted by Crippen LogP contribution is -2.31. The number of amides is 1. The zero-order chi connectivity index (χ0) is 18.6. The van der Waals surface area contributed by atoms with Gasteiger partial charge in [-0.05, 0) is 42.8 Å². The molecule has 0 heterocycles. The molecular formula is C17H15Cl3N2O3. The first-order chi connectivity index (χ1) is 11.8. The van der Waals surface area contributed by atoms with Gasteiger partial charge in [-0.3, -0.25) is 4.79 Å². The SMILES string of the molecule is C[C@H](NC(=O)COC(=O)c1ccc(Cl)c(N)c1)c1ccc(Cl)cc1Cl. The van der Waals surface area contributed by atoms with E-state index in [0.717, 1.165) is 0 Å². The summed E-state index contributed by atoms with van der Waals surface area (Å²) in [6.45, 7) is 1.33. The van der Waals surface area contributed by atoms with E-state index >= 15 is 0 Å². The zero-order valence-electron chi connectivity index (χ0n) is 13.2. The third-order valence-electron chi connectivity index (χ3n) is 3.37. The standard InChI is InChI=1S/C17H15Cl3N2O3/c1-9(12-4-3-11(18)7-14(12)20)22-16(23)8-25-17(24)10-2-5-13(19)15(21)6-10/h2-7,9H,8,21H2,1H3,(H,22,23)/t9-/m0/s1. The van der Waals surface area contributed by atoms with Gasteiger partial charge in [0.1, 0.15) is 0 Å². The number of anilines is 1. The summed E-state index contributed by atoms with van der Waals surface area (Å²) >= 11 is 17.7. The molecule has 0 aliphatic rings. The van der Waals surface area contributed by atoms with Gasteiger partial charge in [-0.25, -0.2) is 4.79 Å². The van der Waals surface area contributed by atoms with E-state index in [1.165, 1.54) is 18.2 Å². The van der Waals surface area contributed by atoms with Crippen LogP contribution < -0.4 is 11.1 Å². The maximum absolute atomic E-state index is 12.0. The minimum atomic E-state index is -0.671. The first-order valence-corrected chi connectivity index (χ1v) is 8.37.